The van der Waals surface area contributed by atoms with Gasteiger partial charge in [-0.2, -0.15) is 0 Å². The van der Waals surface area contributed by atoms with E-state index in [1.54, 1.807) is 0 Å². The van der Waals surface area contributed by atoms with Crippen LogP contribution in [0, 0.1) is 5.41 Å². The van der Waals surface area contributed by atoms with Gasteiger partial charge in [-0.15, -0.1) is 11.8 Å². The number of carbonyl (C=O) groups excluding carboxylic acids is 1. The van der Waals surface area contributed by atoms with E-state index >= 15 is 0 Å². The van der Waals surface area contributed by atoms with Crippen molar-refractivity contribution < 1.29 is 4.79 Å². The van der Waals surface area contributed by atoms with E-state index in [-0.39, 0.29) is 10.2 Å². The van der Waals surface area contributed by atoms with E-state index in [0.717, 1.165) is 19.4 Å². The number of benzene rings is 2. The molecular weight excluding hydrogens is 338 g/mol. The summed E-state index contributed by atoms with van der Waals surface area (Å²) in [6.07, 6.45) is 4.66. The van der Waals surface area contributed by atoms with Crippen molar-refractivity contribution in [1.29, 1.82) is 0 Å². The van der Waals surface area contributed by atoms with Crippen molar-refractivity contribution in [3.05, 3.63) is 66.2 Å². The second-order valence-electron chi connectivity index (χ2n) is 8.11. The first kappa shape index (κ1) is 17.7. The molecular formula is C23H27NOS. The average Bonchev–Trinajstić information content (AvgIpc) is 2.82. The predicted molar refractivity (Wildman–Crippen MR) is 108 cm³/mol. The molecule has 2 fully saturated rings. The molecule has 1 saturated heterocycles. The third-order valence-corrected chi connectivity index (χ3v) is 8.14. The summed E-state index contributed by atoms with van der Waals surface area (Å²) < 4.78 is -0.0432. The summed E-state index contributed by atoms with van der Waals surface area (Å²) in [6.45, 7) is 5.08. The Labute approximate surface area is 161 Å². The number of likely N-dealkylation sites (tertiary alicyclic amines) is 1. The number of carbonyl (C=O) groups is 1. The Morgan fingerprint density at radius 3 is 2.35 bits per heavy atom. The lowest BCUT2D eigenvalue weighted by atomic mass is 9.71. The molecule has 4 rings (SSSR count). The SMILES string of the molecule is CC1(C)C(=O)N(Cc2ccccc2)C2CCCC[C@@]21Sc1ccccc1. The molecule has 1 heterocycles. The maximum Gasteiger partial charge on any atom is 0.230 e. The van der Waals surface area contributed by atoms with E-state index in [2.05, 4.69) is 73.3 Å². The van der Waals surface area contributed by atoms with Crippen LogP contribution in [0.1, 0.15) is 45.1 Å². The van der Waals surface area contributed by atoms with Gasteiger partial charge in [0.15, 0.2) is 0 Å². The van der Waals surface area contributed by atoms with Crippen molar-refractivity contribution in [3.8, 4) is 0 Å². The van der Waals surface area contributed by atoms with E-state index < -0.39 is 0 Å². The molecule has 26 heavy (non-hydrogen) atoms. The molecule has 0 N–H and O–H groups in total. The zero-order valence-corrected chi connectivity index (χ0v) is 16.5. The third-order valence-electron chi connectivity index (χ3n) is 6.28. The maximum atomic E-state index is 13.5. The van der Waals surface area contributed by atoms with Crippen LogP contribution in [0.4, 0.5) is 0 Å². The van der Waals surface area contributed by atoms with Crippen molar-refractivity contribution in [3.63, 3.8) is 0 Å². The van der Waals surface area contributed by atoms with Crippen LogP contribution in [0.2, 0.25) is 0 Å². The normalized spacial score (nSPS) is 27.4. The smallest absolute Gasteiger partial charge is 0.230 e. The Kier molecular flexibility index (Phi) is 4.60. The zero-order chi connectivity index (χ0) is 18.2. The van der Waals surface area contributed by atoms with Gasteiger partial charge in [0, 0.05) is 17.5 Å². The first-order chi connectivity index (χ1) is 12.5. The topological polar surface area (TPSA) is 20.3 Å². The van der Waals surface area contributed by atoms with Gasteiger partial charge in [0.1, 0.15) is 0 Å². The number of nitrogens with zero attached hydrogens (tertiary/aromatic N) is 1. The van der Waals surface area contributed by atoms with Crippen LogP contribution in [-0.2, 0) is 11.3 Å². The summed E-state index contributed by atoms with van der Waals surface area (Å²) in [5, 5.41) is 0. The number of rotatable bonds is 4. The summed E-state index contributed by atoms with van der Waals surface area (Å²) in [5.74, 6) is 0.316. The first-order valence-electron chi connectivity index (χ1n) is 9.64. The zero-order valence-electron chi connectivity index (χ0n) is 15.7. The number of hydrogen-bond acceptors (Lipinski definition) is 2. The molecule has 1 aliphatic heterocycles. The number of fused-ring (bicyclic) bond motifs is 1. The van der Waals surface area contributed by atoms with Gasteiger partial charge in [0.05, 0.1) is 10.2 Å². The molecule has 1 saturated carbocycles. The Morgan fingerprint density at radius 2 is 1.65 bits per heavy atom. The highest BCUT2D eigenvalue weighted by Crippen LogP contribution is 2.60. The van der Waals surface area contributed by atoms with Gasteiger partial charge in [-0.25, -0.2) is 0 Å². The van der Waals surface area contributed by atoms with Gasteiger partial charge in [0.25, 0.3) is 0 Å². The Morgan fingerprint density at radius 1 is 1.00 bits per heavy atom. The van der Waals surface area contributed by atoms with Crippen molar-refractivity contribution in [2.24, 2.45) is 5.41 Å². The molecule has 2 atom stereocenters. The minimum absolute atomic E-state index is 0.0432. The van der Waals surface area contributed by atoms with Crippen molar-refractivity contribution >= 4 is 17.7 Å². The molecule has 0 bridgehead atoms. The number of amides is 1. The van der Waals surface area contributed by atoms with E-state index in [1.807, 2.05) is 17.8 Å². The standard InChI is InChI=1S/C23H27NOS/c1-22(2)21(25)24(17-18-11-5-3-6-12-18)20-15-9-10-16-23(20,22)26-19-13-7-4-8-14-19/h3-8,11-14,20H,9-10,15-17H2,1-2H3/t20?,23-/m1/s1. The Hall–Kier alpha value is -1.74. The molecule has 1 aliphatic carbocycles. The largest absolute Gasteiger partial charge is 0.333 e. The number of thioether (sulfide) groups is 1. The van der Waals surface area contributed by atoms with Crippen LogP contribution in [0.3, 0.4) is 0 Å². The molecule has 2 aromatic carbocycles. The van der Waals surface area contributed by atoms with Gasteiger partial charge < -0.3 is 4.90 Å². The molecule has 2 aliphatic rings. The lowest BCUT2D eigenvalue weighted by Gasteiger charge is -2.46. The first-order valence-corrected chi connectivity index (χ1v) is 10.5. The highest BCUT2D eigenvalue weighted by molar-refractivity contribution is 8.00. The molecule has 2 nitrogen and oxygen atoms in total. The van der Waals surface area contributed by atoms with Gasteiger partial charge in [0.2, 0.25) is 5.91 Å². The molecule has 0 spiro atoms. The van der Waals surface area contributed by atoms with Crippen LogP contribution in [-0.4, -0.2) is 21.6 Å². The van der Waals surface area contributed by atoms with Gasteiger partial charge in [-0.1, -0.05) is 61.4 Å². The Balaban J connectivity index is 1.72. The molecule has 0 radical (unpaired) electrons. The highest BCUT2D eigenvalue weighted by Gasteiger charge is 2.64. The van der Waals surface area contributed by atoms with Crippen LogP contribution >= 0.6 is 11.8 Å². The summed E-state index contributed by atoms with van der Waals surface area (Å²) in [4.78, 5) is 17.0. The van der Waals surface area contributed by atoms with E-state index in [4.69, 9.17) is 0 Å². The van der Waals surface area contributed by atoms with Gasteiger partial charge in [-0.3, -0.25) is 4.79 Å². The maximum absolute atomic E-state index is 13.5. The predicted octanol–water partition coefficient (Wildman–Crippen LogP) is 5.53. The van der Waals surface area contributed by atoms with E-state index in [9.17, 15) is 4.79 Å². The van der Waals surface area contributed by atoms with Crippen molar-refractivity contribution in [2.75, 3.05) is 0 Å². The summed E-state index contributed by atoms with van der Waals surface area (Å²) in [5.41, 5.74) is 0.871. The van der Waals surface area contributed by atoms with Crippen LogP contribution in [0.25, 0.3) is 0 Å². The fraction of sp³-hybridized carbons (Fsp3) is 0.435. The minimum Gasteiger partial charge on any atom is -0.333 e. The number of hydrogen-bond donors (Lipinski definition) is 0. The molecule has 136 valence electrons. The van der Waals surface area contributed by atoms with E-state index in [1.165, 1.54) is 23.3 Å². The summed E-state index contributed by atoms with van der Waals surface area (Å²) in [7, 11) is 0. The fourth-order valence-electron chi connectivity index (χ4n) is 4.85. The molecule has 1 unspecified atom stereocenters. The lowest BCUT2D eigenvalue weighted by Crippen LogP contribution is -2.49. The van der Waals surface area contributed by atoms with Crippen molar-refractivity contribution in [2.45, 2.75) is 61.8 Å². The second kappa shape index (κ2) is 6.77. The monoisotopic (exact) mass is 365 g/mol. The van der Waals surface area contributed by atoms with Crippen LogP contribution in [0.5, 0.6) is 0 Å². The van der Waals surface area contributed by atoms with Crippen LogP contribution < -0.4 is 0 Å². The second-order valence-corrected chi connectivity index (χ2v) is 9.51. The molecule has 1 amide bonds. The molecule has 3 heteroatoms. The highest BCUT2D eigenvalue weighted by atomic mass is 32.2. The quantitative estimate of drug-likeness (QED) is 0.710. The summed E-state index contributed by atoms with van der Waals surface area (Å²) >= 11 is 1.95. The average molecular weight is 366 g/mol. The van der Waals surface area contributed by atoms with Crippen LogP contribution in [0.15, 0.2) is 65.6 Å². The molecule has 0 aromatic heterocycles. The minimum atomic E-state index is -0.354. The van der Waals surface area contributed by atoms with Gasteiger partial charge in [-0.05, 0) is 44.4 Å². The summed E-state index contributed by atoms with van der Waals surface area (Å²) in [6, 6.07) is 21.4. The molecule has 2 aromatic rings. The fourth-order valence-corrected chi connectivity index (χ4v) is 6.53. The lowest BCUT2D eigenvalue weighted by molar-refractivity contribution is -0.136. The van der Waals surface area contributed by atoms with E-state index in [0.29, 0.717) is 11.9 Å². The van der Waals surface area contributed by atoms with Gasteiger partial charge >= 0.3 is 0 Å². The van der Waals surface area contributed by atoms with Crippen molar-refractivity contribution in [1.82, 2.24) is 4.90 Å². The third kappa shape index (κ3) is 2.77. The Bertz CT molecular complexity index is 773.